The Morgan fingerprint density at radius 3 is 2.41 bits per heavy atom. The molecule has 1 aliphatic rings. The van der Waals surface area contributed by atoms with Gasteiger partial charge < -0.3 is 15.3 Å². The van der Waals surface area contributed by atoms with Crippen molar-refractivity contribution in [1.82, 2.24) is 5.32 Å². The summed E-state index contributed by atoms with van der Waals surface area (Å²) in [4.78, 5) is 26.4. The molecule has 0 aromatic heterocycles. The predicted molar refractivity (Wildman–Crippen MR) is 107 cm³/mol. The van der Waals surface area contributed by atoms with Crippen LogP contribution in [0.25, 0.3) is 0 Å². The van der Waals surface area contributed by atoms with E-state index < -0.39 is 11.9 Å². The highest BCUT2D eigenvalue weighted by Gasteiger charge is 2.28. The minimum atomic E-state index is -0.989. The number of rotatable bonds is 6. The van der Waals surface area contributed by atoms with E-state index in [1.54, 1.807) is 12.1 Å². The van der Waals surface area contributed by atoms with E-state index in [9.17, 15) is 9.59 Å². The number of carboxylic acid groups (broad SMARTS) is 1. The molecule has 2 aromatic carbocycles. The molecule has 27 heavy (non-hydrogen) atoms. The standard InChI is InChI=1S/C21H23ClN2O3/c1-2-23-20(25)19(14-5-7-15(8-6-14)21(26)27)17-13-16(22)9-10-18(17)24-11-3-4-12-24/h5-10,13,19H,2-4,11-12H2,1H3,(H,23,25)(H,26,27). The summed E-state index contributed by atoms with van der Waals surface area (Å²) < 4.78 is 0. The topological polar surface area (TPSA) is 69.6 Å². The van der Waals surface area contributed by atoms with Gasteiger partial charge in [0.1, 0.15) is 0 Å². The fourth-order valence-corrected chi connectivity index (χ4v) is 3.75. The Morgan fingerprint density at radius 1 is 1.15 bits per heavy atom. The lowest BCUT2D eigenvalue weighted by Crippen LogP contribution is -2.31. The Kier molecular flexibility index (Phi) is 6.01. The Labute approximate surface area is 163 Å². The van der Waals surface area contributed by atoms with Gasteiger partial charge in [-0.3, -0.25) is 4.79 Å². The first-order chi connectivity index (χ1) is 13.0. The van der Waals surface area contributed by atoms with Gasteiger partial charge in [-0.2, -0.15) is 0 Å². The molecule has 0 radical (unpaired) electrons. The van der Waals surface area contributed by atoms with Crippen LogP contribution in [-0.4, -0.2) is 36.6 Å². The lowest BCUT2D eigenvalue weighted by atomic mass is 9.88. The fourth-order valence-electron chi connectivity index (χ4n) is 3.57. The van der Waals surface area contributed by atoms with Crippen LogP contribution in [0.15, 0.2) is 42.5 Å². The van der Waals surface area contributed by atoms with Crippen molar-refractivity contribution in [3.63, 3.8) is 0 Å². The zero-order valence-electron chi connectivity index (χ0n) is 15.2. The third kappa shape index (κ3) is 4.25. The van der Waals surface area contributed by atoms with Gasteiger partial charge in [0.05, 0.1) is 11.5 Å². The molecule has 1 amide bonds. The Hall–Kier alpha value is -2.53. The zero-order valence-corrected chi connectivity index (χ0v) is 16.0. The molecular weight excluding hydrogens is 364 g/mol. The number of benzene rings is 2. The van der Waals surface area contributed by atoms with Crippen LogP contribution in [0.4, 0.5) is 5.69 Å². The number of hydrogen-bond acceptors (Lipinski definition) is 3. The lowest BCUT2D eigenvalue weighted by Gasteiger charge is -2.26. The quantitative estimate of drug-likeness (QED) is 0.789. The molecule has 6 heteroatoms. The van der Waals surface area contributed by atoms with Gasteiger partial charge in [-0.15, -0.1) is 0 Å². The number of halogens is 1. The zero-order chi connectivity index (χ0) is 19.4. The van der Waals surface area contributed by atoms with Crippen LogP contribution in [0.3, 0.4) is 0 Å². The maximum atomic E-state index is 13.0. The fraction of sp³-hybridized carbons (Fsp3) is 0.333. The van der Waals surface area contributed by atoms with Crippen LogP contribution in [-0.2, 0) is 4.79 Å². The molecule has 1 unspecified atom stereocenters. The summed E-state index contributed by atoms with van der Waals surface area (Å²) in [5.74, 6) is -1.66. The molecule has 142 valence electrons. The molecule has 0 aliphatic carbocycles. The van der Waals surface area contributed by atoms with Gasteiger partial charge in [-0.1, -0.05) is 23.7 Å². The first-order valence-corrected chi connectivity index (χ1v) is 9.54. The number of nitrogens with one attached hydrogen (secondary N) is 1. The highest BCUT2D eigenvalue weighted by atomic mass is 35.5. The average Bonchev–Trinajstić information content (AvgIpc) is 3.17. The van der Waals surface area contributed by atoms with Gasteiger partial charge in [-0.05, 0) is 61.2 Å². The third-order valence-corrected chi connectivity index (χ3v) is 5.09. The van der Waals surface area contributed by atoms with Crippen molar-refractivity contribution in [1.29, 1.82) is 0 Å². The molecule has 2 N–H and O–H groups in total. The van der Waals surface area contributed by atoms with Gasteiger partial charge in [0, 0.05) is 30.3 Å². The van der Waals surface area contributed by atoms with Crippen LogP contribution in [0.2, 0.25) is 5.02 Å². The van der Waals surface area contributed by atoms with E-state index in [2.05, 4.69) is 10.2 Å². The normalized spacial score (nSPS) is 14.8. The highest BCUT2D eigenvalue weighted by molar-refractivity contribution is 6.30. The van der Waals surface area contributed by atoms with Gasteiger partial charge >= 0.3 is 5.97 Å². The van der Waals surface area contributed by atoms with Crippen molar-refractivity contribution >= 4 is 29.2 Å². The summed E-state index contributed by atoms with van der Waals surface area (Å²) in [7, 11) is 0. The minimum absolute atomic E-state index is 0.122. The molecule has 1 saturated heterocycles. The molecule has 0 spiro atoms. The number of amides is 1. The van der Waals surface area contributed by atoms with E-state index in [1.807, 2.05) is 25.1 Å². The number of nitrogens with zero attached hydrogens (tertiary/aromatic N) is 1. The van der Waals surface area contributed by atoms with Crippen molar-refractivity contribution < 1.29 is 14.7 Å². The molecule has 0 bridgehead atoms. The van der Waals surface area contributed by atoms with Crippen LogP contribution in [0.1, 0.15) is 47.2 Å². The second kappa shape index (κ2) is 8.44. The van der Waals surface area contributed by atoms with E-state index in [0.29, 0.717) is 11.6 Å². The van der Waals surface area contributed by atoms with Crippen molar-refractivity contribution in [2.45, 2.75) is 25.7 Å². The predicted octanol–water partition coefficient (Wildman–Crippen LogP) is 3.91. The number of likely N-dealkylation sites (N-methyl/N-ethyl adjacent to an activating group) is 1. The Balaban J connectivity index is 2.09. The second-order valence-electron chi connectivity index (χ2n) is 6.65. The van der Waals surface area contributed by atoms with Gasteiger partial charge in [0.15, 0.2) is 0 Å². The smallest absolute Gasteiger partial charge is 0.335 e. The number of carbonyl (C=O) groups is 2. The molecule has 1 heterocycles. The molecule has 3 rings (SSSR count). The maximum absolute atomic E-state index is 13.0. The van der Waals surface area contributed by atoms with E-state index in [4.69, 9.17) is 16.7 Å². The van der Waals surface area contributed by atoms with E-state index in [0.717, 1.165) is 42.7 Å². The summed E-state index contributed by atoms with van der Waals surface area (Å²) in [6.45, 7) is 4.30. The summed E-state index contributed by atoms with van der Waals surface area (Å²) in [6, 6.07) is 12.1. The third-order valence-electron chi connectivity index (χ3n) is 4.85. The Bertz CT molecular complexity index is 830. The molecule has 5 nitrogen and oxygen atoms in total. The number of aromatic carboxylic acids is 1. The van der Waals surface area contributed by atoms with Gasteiger partial charge in [0.25, 0.3) is 0 Å². The summed E-state index contributed by atoms with van der Waals surface area (Å²) in [5, 5.41) is 12.6. The lowest BCUT2D eigenvalue weighted by molar-refractivity contribution is -0.121. The number of carbonyl (C=O) groups excluding carboxylic acids is 1. The van der Waals surface area contributed by atoms with Crippen molar-refractivity contribution in [2.24, 2.45) is 0 Å². The van der Waals surface area contributed by atoms with Gasteiger partial charge in [-0.25, -0.2) is 4.79 Å². The minimum Gasteiger partial charge on any atom is -0.478 e. The molecular formula is C21H23ClN2O3. The summed E-state index contributed by atoms with van der Waals surface area (Å²) in [5.41, 5.74) is 2.79. The SMILES string of the molecule is CCNC(=O)C(c1ccc(C(=O)O)cc1)c1cc(Cl)ccc1N1CCCC1. The highest BCUT2D eigenvalue weighted by Crippen LogP contribution is 2.36. The molecule has 1 aliphatic heterocycles. The largest absolute Gasteiger partial charge is 0.478 e. The van der Waals surface area contributed by atoms with Crippen LogP contribution < -0.4 is 10.2 Å². The molecule has 0 saturated carbocycles. The second-order valence-corrected chi connectivity index (χ2v) is 7.09. The van der Waals surface area contributed by atoms with Crippen LogP contribution >= 0.6 is 11.6 Å². The molecule has 1 atom stereocenters. The van der Waals surface area contributed by atoms with E-state index in [-0.39, 0.29) is 11.5 Å². The Morgan fingerprint density at radius 2 is 1.81 bits per heavy atom. The number of hydrogen-bond donors (Lipinski definition) is 2. The van der Waals surface area contributed by atoms with Crippen molar-refractivity contribution in [2.75, 3.05) is 24.5 Å². The average molecular weight is 387 g/mol. The summed E-state index contributed by atoms with van der Waals surface area (Å²) >= 11 is 6.28. The maximum Gasteiger partial charge on any atom is 0.335 e. The first kappa shape index (κ1) is 19.2. The molecule has 2 aromatic rings. The van der Waals surface area contributed by atoms with E-state index >= 15 is 0 Å². The summed E-state index contributed by atoms with van der Waals surface area (Å²) in [6.07, 6.45) is 2.25. The molecule has 1 fully saturated rings. The van der Waals surface area contributed by atoms with Gasteiger partial charge in [0.2, 0.25) is 5.91 Å². The van der Waals surface area contributed by atoms with E-state index in [1.165, 1.54) is 12.1 Å². The number of anilines is 1. The monoisotopic (exact) mass is 386 g/mol. The van der Waals surface area contributed by atoms with Crippen LogP contribution in [0, 0.1) is 0 Å². The number of carboxylic acids is 1. The van der Waals surface area contributed by atoms with Crippen molar-refractivity contribution in [3.05, 3.63) is 64.2 Å². The first-order valence-electron chi connectivity index (χ1n) is 9.16. The van der Waals surface area contributed by atoms with Crippen LogP contribution in [0.5, 0.6) is 0 Å². The van der Waals surface area contributed by atoms with Crippen molar-refractivity contribution in [3.8, 4) is 0 Å².